The van der Waals surface area contributed by atoms with E-state index >= 15 is 0 Å². The number of hydrogen-bond acceptors (Lipinski definition) is 4. The van der Waals surface area contributed by atoms with Crippen LogP contribution in [0.2, 0.25) is 0 Å². The lowest BCUT2D eigenvalue weighted by molar-refractivity contribution is 0.0792. The summed E-state index contributed by atoms with van der Waals surface area (Å²) in [6.45, 7) is 2.88. The van der Waals surface area contributed by atoms with Gasteiger partial charge in [-0.3, -0.25) is 4.79 Å². The second-order valence-corrected chi connectivity index (χ2v) is 8.55. The number of carbonyl (C=O) groups excluding carboxylic acids is 2. The summed E-state index contributed by atoms with van der Waals surface area (Å²) < 4.78 is 11.0. The van der Waals surface area contributed by atoms with Gasteiger partial charge in [0.05, 0.1) is 20.3 Å². The Kier molecular flexibility index (Phi) is 8.35. The third kappa shape index (κ3) is 7.07. The number of nitrogens with one attached hydrogen (secondary N) is 2. The quantitative estimate of drug-likeness (QED) is 0.460. The molecule has 3 aromatic carbocycles. The van der Waals surface area contributed by atoms with Crippen LogP contribution in [-0.4, -0.2) is 37.0 Å². The number of hydrogen-bond donors (Lipinski definition) is 2. The Morgan fingerprint density at radius 1 is 0.857 bits per heavy atom. The molecule has 3 amide bonds. The van der Waals surface area contributed by atoms with Crippen LogP contribution in [0.4, 0.5) is 10.5 Å². The molecule has 0 radical (unpaired) electrons. The van der Waals surface area contributed by atoms with Gasteiger partial charge in [0.2, 0.25) is 0 Å². The second-order valence-electron chi connectivity index (χ2n) is 8.55. The van der Waals surface area contributed by atoms with E-state index in [2.05, 4.69) is 10.6 Å². The molecule has 0 aliphatic carbocycles. The molecular weight excluding hydrogens is 442 g/mol. The van der Waals surface area contributed by atoms with Gasteiger partial charge in [0.25, 0.3) is 5.91 Å². The number of nitrogens with zero attached hydrogens (tertiary/aromatic N) is 1. The van der Waals surface area contributed by atoms with Crippen LogP contribution in [0.15, 0.2) is 72.8 Å². The van der Waals surface area contributed by atoms with Gasteiger partial charge in [0.1, 0.15) is 5.75 Å². The smallest absolute Gasteiger partial charge is 0.319 e. The third-order valence-corrected chi connectivity index (χ3v) is 5.90. The molecule has 1 aliphatic rings. The number of benzene rings is 3. The van der Waals surface area contributed by atoms with E-state index in [0.717, 1.165) is 48.4 Å². The number of likely N-dealkylation sites (tertiary alicyclic amines) is 1. The van der Waals surface area contributed by atoms with Gasteiger partial charge in [-0.05, 0) is 65.9 Å². The van der Waals surface area contributed by atoms with E-state index in [-0.39, 0.29) is 11.9 Å². The largest absolute Gasteiger partial charge is 0.497 e. The number of carbonyl (C=O) groups is 2. The first-order valence-electron chi connectivity index (χ1n) is 11.8. The van der Waals surface area contributed by atoms with Crippen molar-refractivity contribution in [1.29, 1.82) is 0 Å². The molecule has 4 rings (SSSR count). The first-order chi connectivity index (χ1) is 17.1. The summed E-state index contributed by atoms with van der Waals surface area (Å²) in [6.07, 6.45) is 2.12. The van der Waals surface area contributed by atoms with Crippen LogP contribution in [0.5, 0.6) is 5.75 Å². The lowest BCUT2D eigenvalue weighted by atomic mass is 10.1. The topological polar surface area (TPSA) is 79.9 Å². The normalized spacial score (nSPS) is 12.9. The van der Waals surface area contributed by atoms with Crippen molar-refractivity contribution in [2.75, 3.05) is 25.5 Å². The standard InChI is InChI=1S/C28H31N3O4/c1-34-26-12-10-21(11-13-26)19-35-20-23-7-5-9-25(17-23)30-28(33)29-18-22-6-4-8-24(16-22)27(32)31-14-2-3-15-31/h4-13,16-17H,2-3,14-15,18-20H2,1H3,(H2,29,30,33). The summed E-state index contributed by atoms with van der Waals surface area (Å²) in [5, 5.41) is 5.72. The van der Waals surface area contributed by atoms with Gasteiger partial charge >= 0.3 is 6.03 Å². The summed E-state index contributed by atoms with van der Waals surface area (Å²) in [5.41, 5.74) is 4.25. The minimum atomic E-state index is -0.308. The number of urea groups is 1. The highest BCUT2D eigenvalue weighted by Crippen LogP contribution is 2.16. The maximum atomic E-state index is 12.6. The lowest BCUT2D eigenvalue weighted by Gasteiger charge is -2.16. The molecule has 182 valence electrons. The van der Waals surface area contributed by atoms with Crippen molar-refractivity contribution < 1.29 is 19.1 Å². The maximum Gasteiger partial charge on any atom is 0.319 e. The van der Waals surface area contributed by atoms with Crippen molar-refractivity contribution >= 4 is 17.6 Å². The first kappa shape index (κ1) is 24.3. The molecule has 1 heterocycles. The van der Waals surface area contributed by atoms with Crippen molar-refractivity contribution in [3.05, 3.63) is 95.1 Å². The Balaban J connectivity index is 1.24. The van der Waals surface area contributed by atoms with Gasteiger partial charge < -0.3 is 25.0 Å². The van der Waals surface area contributed by atoms with Gasteiger partial charge in [0.15, 0.2) is 0 Å². The summed E-state index contributed by atoms with van der Waals surface area (Å²) in [7, 11) is 1.64. The molecular formula is C28H31N3O4. The van der Waals surface area contributed by atoms with Gasteiger partial charge in [-0.15, -0.1) is 0 Å². The van der Waals surface area contributed by atoms with Crippen LogP contribution in [-0.2, 0) is 24.5 Å². The fourth-order valence-corrected chi connectivity index (χ4v) is 4.02. The fourth-order valence-electron chi connectivity index (χ4n) is 4.02. The molecule has 0 unspecified atom stereocenters. The Labute approximate surface area is 206 Å². The van der Waals surface area contributed by atoms with Gasteiger partial charge in [-0.2, -0.15) is 0 Å². The van der Waals surface area contributed by atoms with Gasteiger partial charge in [0, 0.05) is 30.9 Å². The number of rotatable bonds is 9. The molecule has 3 aromatic rings. The van der Waals surface area contributed by atoms with E-state index in [0.29, 0.717) is 31.0 Å². The summed E-state index contributed by atoms with van der Waals surface area (Å²) in [6, 6.07) is 22.5. The average molecular weight is 474 g/mol. The SMILES string of the molecule is COc1ccc(COCc2cccc(NC(=O)NCc3cccc(C(=O)N4CCCC4)c3)c2)cc1. The van der Waals surface area contributed by atoms with Crippen LogP contribution in [0.3, 0.4) is 0 Å². The van der Waals surface area contributed by atoms with Crippen LogP contribution in [0.25, 0.3) is 0 Å². The zero-order valence-electron chi connectivity index (χ0n) is 20.0. The number of amides is 3. The van der Waals surface area contributed by atoms with Crippen molar-refractivity contribution in [1.82, 2.24) is 10.2 Å². The highest BCUT2D eigenvalue weighted by Gasteiger charge is 2.19. The van der Waals surface area contributed by atoms with Crippen molar-refractivity contribution in [3.8, 4) is 5.75 Å². The molecule has 35 heavy (non-hydrogen) atoms. The Morgan fingerprint density at radius 3 is 2.34 bits per heavy atom. The summed E-state index contributed by atoms with van der Waals surface area (Å²) in [5.74, 6) is 0.869. The van der Waals surface area contributed by atoms with E-state index in [1.807, 2.05) is 77.7 Å². The molecule has 1 aliphatic heterocycles. The molecule has 7 heteroatoms. The van der Waals surface area contributed by atoms with E-state index in [9.17, 15) is 9.59 Å². The molecule has 1 saturated heterocycles. The zero-order valence-corrected chi connectivity index (χ0v) is 20.0. The summed E-state index contributed by atoms with van der Waals surface area (Å²) in [4.78, 5) is 26.9. The second kappa shape index (κ2) is 12.0. The van der Waals surface area contributed by atoms with Crippen LogP contribution < -0.4 is 15.4 Å². The van der Waals surface area contributed by atoms with Crippen LogP contribution >= 0.6 is 0 Å². The molecule has 1 fully saturated rings. The van der Waals surface area contributed by atoms with Crippen LogP contribution in [0, 0.1) is 0 Å². The highest BCUT2D eigenvalue weighted by molar-refractivity contribution is 5.94. The predicted octanol–water partition coefficient (Wildman–Crippen LogP) is 4.97. The van der Waals surface area contributed by atoms with Crippen LogP contribution in [0.1, 0.15) is 39.9 Å². The van der Waals surface area contributed by atoms with E-state index in [1.165, 1.54) is 0 Å². The molecule has 0 bridgehead atoms. The fraction of sp³-hybridized carbons (Fsp3) is 0.286. The average Bonchev–Trinajstić information content (AvgIpc) is 3.43. The number of anilines is 1. The first-order valence-corrected chi connectivity index (χ1v) is 11.8. The predicted molar refractivity (Wildman–Crippen MR) is 135 cm³/mol. The lowest BCUT2D eigenvalue weighted by Crippen LogP contribution is -2.29. The van der Waals surface area contributed by atoms with Gasteiger partial charge in [-0.1, -0.05) is 36.4 Å². The zero-order chi connectivity index (χ0) is 24.5. The Hall–Kier alpha value is -3.84. The molecule has 2 N–H and O–H groups in total. The van der Waals surface area contributed by atoms with E-state index < -0.39 is 0 Å². The third-order valence-electron chi connectivity index (χ3n) is 5.90. The monoisotopic (exact) mass is 473 g/mol. The minimum absolute atomic E-state index is 0.0554. The van der Waals surface area contributed by atoms with Crippen molar-refractivity contribution in [2.45, 2.75) is 32.6 Å². The maximum absolute atomic E-state index is 12.6. The minimum Gasteiger partial charge on any atom is -0.497 e. The van der Waals surface area contributed by atoms with E-state index in [4.69, 9.17) is 9.47 Å². The molecule has 0 saturated carbocycles. The Bertz CT molecular complexity index is 1140. The van der Waals surface area contributed by atoms with E-state index in [1.54, 1.807) is 7.11 Å². The molecule has 0 aromatic heterocycles. The van der Waals surface area contributed by atoms with Crippen molar-refractivity contribution in [3.63, 3.8) is 0 Å². The number of methoxy groups -OCH3 is 1. The highest BCUT2D eigenvalue weighted by atomic mass is 16.5. The number of ether oxygens (including phenoxy) is 2. The Morgan fingerprint density at radius 2 is 1.57 bits per heavy atom. The molecule has 0 spiro atoms. The van der Waals surface area contributed by atoms with Crippen molar-refractivity contribution in [2.24, 2.45) is 0 Å². The van der Waals surface area contributed by atoms with Gasteiger partial charge in [-0.25, -0.2) is 4.79 Å². The molecule has 0 atom stereocenters. The summed E-state index contributed by atoms with van der Waals surface area (Å²) >= 11 is 0. The molecule has 7 nitrogen and oxygen atoms in total.